The first-order chi connectivity index (χ1) is 19.5. The van der Waals surface area contributed by atoms with Crippen LogP contribution < -0.4 is 4.90 Å². The van der Waals surface area contributed by atoms with Crippen LogP contribution in [0, 0.1) is 25.7 Å². The number of terminal acetylenes is 1. The summed E-state index contributed by atoms with van der Waals surface area (Å²) < 4.78 is 0. The van der Waals surface area contributed by atoms with E-state index in [1.165, 1.54) is 24.8 Å². The lowest BCUT2D eigenvalue weighted by Crippen LogP contribution is -2.52. The Hall–Kier alpha value is -2.68. The second-order valence-electron chi connectivity index (χ2n) is 10.2. The number of allylic oxidation sites excluding steroid dienone is 6. The highest BCUT2D eigenvalue weighted by molar-refractivity contribution is 5.34. The Morgan fingerprint density at radius 3 is 2.25 bits per heavy atom. The van der Waals surface area contributed by atoms with Crippen molar-refractivity contribution >= 4 is 5.95 Å². The molecule has 1 aromatic heterocycles. The molecule has 0 aromatic carbocycles. The largest absolute Gasteiger partial charge is 0.338 e. The lowest BCUT2D eigenvalue weighted by atomic mass is 9.91. The summed E-state index contributed by atoms with van der Waals surface area (Å²) in [5, 5.41) is 0. The zero-order chi connectivity index (χ0) is 30.2. The van der Waals surface area contributed by atoms with Crippen molar-refractivity contribution in [3.05, 3.63) is 66.6 Å². The van der Waals surface area contributed by atoms with E-state index >= 15 is 0 Å². The first kappa shape index (κ1) is 37.3. The van der Waals surface area contributed by atoms with Gasteiger partial charge in [0.2, 0.25) is 5.95 Å². The van der Waals surface area contributed by atoms with Gasteiger partial charge in [0.05, 0.1) is 0 Å². The highest BCUT2D eigenvalue weighted by Crippen LogP contribution is 2.26. The van der Waals surface area contributed by atoms with Gasteiger partial charge in [-0.3, -0.25) is 9.80 Å². The minimum atomic E-state index is 0.651. The average Bonchev–Trinajstić information content (AvgIpc) is 2.96. The van der Waals surface area contributed by atoms with Gasteiger partial charge < -0.3 is 4.90 Å². The van der Waals surface area contributed by atoms with E-state index in [1.807, 2.05) is 19.9 Å². The van der Waals surface area contributed by atoms with Crippen molar-refractivity contribution in [1.82, 2.24) is 19.8 Å². The summed E-state index contributed by atoms with van der Waals surface area (Å²) in [6, 6.07) is 0.849. The maximum absolute atomic E-state index is 4.86. The van der Waals surface area contributed by atoms with Gasteiger partial charge in [-0.2, -0.15) is 0 Å². The van der Waals surface area contributed by atoms with Crippen molar-refractivity contribution in [3.8, 4) is 12.8 Å². The standard InChI is InChI=1S/C24H39N5.C7H12.C2H6.C2H2/c1-4-6-7-8-9-14-27(5-2)15-13-22-20-25-24(26-21(22)3)29-18-16-28(17-19-29)23-11-10-12-23;1-4-5-6-7(2)3;2*1-2/h4,6,8-9,20,23H,5,7,10-19H2,1-3H3;4-7H,1H2,2-3H3;1-2H3;1-2H/b6-4-,9-8+;6-5+;;. The van der Waals surface area contributed by atoms with Gasteiger partial charge in [0, 0.05) is 57.2 Å². The van der Waals surface area contributed by atoms with Crippen molar-refractivity contribution in [2.75, 3.05) is 50.7 Å². The van der Waals surface area contributed by atoms with E-state index in [-0.39, 0.29) is 0 Å². The number of rotatable bonds is 12. The number of anilines is 1. The molecule has 0 bridgehead atoms. The SMILES string of the molecule is C#C.C/C=C\C/C=C/CN(CC)CCc1cnc(N2CCN(C3CCC3)CC2)nc1C.C=C/C=C/C(C)C.CC. The monoisotopic (exact) mass is 549 g/mol. The van der Waals surface area contributed by atoms with Crippen LogP contribution in [0.3, 0.4) is 0 Å². The van der Waals surface area contributed by atoms with Crippen molar-refractivity contribution in [1.29, 1.82) is 0 Å². The molecule has 1 aliphatic carbocycles. The van der Waals surface area contributed by atoms with Crippen LogP contribution in [-0.4, -0.2) is 71.6 Å². The van der Waals surface area contributed by atoms with Crippen molar-refractivity contribution in [2.45, 2.75) is 86.6 Å². The summed E-state index contributed by atoms with van der Waals surface area (Å²) in [5.41, 5.74) is 2.41. The van der Waals surface area contributed by atoms with Crippen LogP contribution in [0.25, 0.3) is 0 Å². The van der Waals surface area contributed by atoms with E-state index in [4.69, 9.17) is 9.97 Å². The molecule has 40 heavy (non-hydrogen) atoms. The highest BCUT2D eigenvalue weighted by Gasteiger charge is 2.28. The van der Waals surface area contributed by atoms with Gasteiger partial charge in [0.1, 0.15) is 0 Å². The molecule has 5 nitrogen and oxygen atoms in total. The quantitative estimate of drug-likeness (QED) is 0.153. The van der Waals surface area contributed by atoms with Gasteiger partial charge in [0.25, 0.3) is 0 Å². The average molecular weight is 550 g/mol. The minimum absolute atomic E-state index is 0.651. The third kappa shape index (κ3) is 15.2. The Bertz CT molecular complexity index is 871. The van der Waals surface area contributed by atoms with E-state index in [9.17, 15) is 0 Å². The van der Waals surface area contributed by atoms with Gasteiger partial charge in [-0.15, -0.1) is 12.8 Å². The number of aromatic nitrogens is 2. The fourth-order valence-electron chi connectivity index (χ4n) is 4.41. The topological polar surface area (TPSA) is 35.5 Å². The molecule has 0 amide bonds. The maximum Gasteiger partial charge on any atom is 0.225 e. The molecule has 0 radical (unpaired) electrons. The number of likely N-dealkylation sites (N-methyl/N-ethyl adjacent to an activating group) is 1. The van der Waals surface area contributed by atoms with E-state index in [0.29, 0.717) is 5.92 Å². The van der Waals surface area contributed by atoms with E-state index < -0.39 is 0 Å². The van der Waals surface area contributed by atoms with E-state index in [1.54, 1.807) is 6.08 Å². The van der Waals surface area contributed by atoms with Crippen molar-refractivity contribution in [3.63, 3.8) is 0 Å². The van der Waals surface area contributed by atoms with Crippen molar-refractivity contribution < 1.29 is 0 Å². The second-order valence-corrected chi connectivity index (χ2v) is 10.2. The Kier molecular flexibility index (Phi) is 22.5. The van der Waals surface area contributed by atoms with Gasteiger partial charge in [0.15, 0.2) is 0 Å². The Morgan fingerprint density at radius 2 is 1.77 bits per heavy atom. The maximum atomic E-state index is 4.86. The summed E-state index contributed by atoms with van der Waals surface area (Å²) >= 11 is 0. The van der Waals surface area contributed by atoms with Crippen LogP contribution in [0.1, 0.15) is 78.5 Å². The Labute approximate surface area is 248 Å². The van der Waals surface area contributed by atoms with E-state index in [0.717, 1.165) is 76.3 Å². The zero-order valence-electron chi connectivity index (χ0n) is 26.9. The number of hydrogen-bond donors (Lipinski definition) is 0. The Morgan fingerprint density at radius 1 is 1.10 bits per heavy atom. The first-order valence-electron chi connectivity index (χ1n) is 15.4. The fraction of sp³-hybridized carbons (Fsp3) is 0.600. The number of nitrogens with zero attached hydrogens (tertiary/aromatic N) is 5. The number of hydrogen-bond acceptors (Lipinski definition) is 5. The summed E-state index contributed by atoms with van der Waals surface area (Å²) in [5.74, 6) is 1.57. The summed E-state index contributed by atoms with van der Waals surface area (Å²) in [6.45, 7) is 25.8. The number of aryl methyl sites for hydroxylation is 1. The van der Waals surface area contributed by atoms with Crippen molar-refractivity contribution in [2.24, 2.45) is 5.92 Å². The Balaban J connectivity index is 0.00000119. The van der Waals surface area contributed by atoms with Crippen LogP contribution in [0.5, 0.6) is 0 Å². The smallest absolute Gasteiger partial charge is 0.225 e. The van der Waals surface area contributed by atoms with Crippen LogP contribution in [0.2, 0.25) is 0 Å². The lowest BCUT2D eigenvalue weighted by molar-refractivity contribution is 0.120. The molecule has 224 valence electrons. The van der Waals surface area contributed by atoms with Gasteiger partial charge in [-0.1, -0.05) is 90.2 Å². The molecule has 3 rings (SSSR count). The van der Waals surface area contributed by atoms with Gasteiger partial charge in [-0.05, 0) is 57.6 Å². The lowest BCUT2D eigenvalue weighted by Gasteiger charge is -2.42. The molecular formula is C35H59N5. The molecule has 1 aliphatic heterocycles. The molecule has 1 aromatic rings. The molecule has 1 saturated heterocycles. The molecule has 2 heterocycles. The predicted molar refractivity (Wildman–Crippen MR) is 178 cm³/mol. The van der Waals surface area contributed by atoms with E-state index in [2.05, 4.69) is 105 Å². The molecular weight excluding hydrogens is 490 g/mol. The summed E-state index contributed by atoms with van der Waals surface area (Å²) in [6.07, 6.45) is 31.0. The number of piperazine rings is 1. The fourth-order valence-corrected chi connectivity index (χ4v) is 4.41. The highest BCUT2D eigenvalue weighted by atomic mass is 15.3. The van der Waals surface area contributed by atoms with Crippen LogP contribution in [0.15, 0.2) is 55.3 Å². The molecule has 0 spiro atoms. The van der Waals surface area contributed by atoms with Crippen LogP contribution in [0.4, 0.5) is 5.95 Å². The molecule has 5 heteroatoms. The summed E-state index contributed by atoms with van der Waals surface area (Å²) in [7, 11) is 0. The van der Waals surface area contributed by atoms with Gasteiger partial charge >= 0.3 is 0 Å². The third-order valence-corrected chi connectivity index (χ3v) is 7.07. The predicted octanol–water partition coefficient (Wildman–Crippen LogP) is 7.51. The first-order valence-corrected chi connectivity index (χ1v) is 15.4. The molecule has 1 saturated carbocycles. The third-order valence-electron chi connectivity index (χ3n) is 7.07. The minimum Gasteiger partial charge on any atom is -0.338 e. The zero-order valence-corrected chi connectivity index (χ0v) is 26.9. The second kappa shape index (κ2) is 24.1. The molecule has 2 aliphatic rings. The molecule has 2 fully saturated rings. The normalized spacial score (nSPS) is 15.8. The van der Waals surface area contributed by atoms with Crippen LogP contribution in [-0.2, 0) is 6.42 Å². The van der Waals surface area contributed by atoms with Crippen LogP contribution >= 0.6 is 0 Å². The molecule has 0 atom stereocenters. The molecule has 0 N–H and O–H groups in total. The summed E-state index contributed by atoms with van der Waals surface area (Å²) in [4.78, 5) is 17.1. The molecule has 0 unspecified atom stereocenters. The van der Waals surface area contributed by atoms with Gasteiger partial charge in [-0.25, -0.2) is 9.97 Å².